The minimum absolute atomic E-state index is 0.0186. The molecule has 28 heavy (non-hydrogen) atoms. The molecule has 3 aliphatic rings. The van der Waals surface area contributed by atoms with Gasteiger partial charge in [-0.25, -0.2) is 0 Å². The first-order valence-electron chi connectivity index (χ1n) is 10.4. The number of hydrogen-bond acceptors (Lipinski definition) is 5. The van der Waals surface area contributed by atoms with Gasteiger partial charge in [0.15, 0.2) is 0 Å². The van der Waals surface area contributed by atoms with Gasteiger partial charge >= 0.3 is 0 Å². The molecule has 1 atom stereocenters. The standard InChI is InChI=1S/C21H30N4O3/c26-19-13-18(15-24(19)14-17-3-7-22-8-4-17)20(27)23-16-21(5-1-2-6-21)25-9-11-28-12-10-25/h3-4,7-8,18H,1-2,5-6,9-16H2,(H,23,27). The van der Waals surface area contributed by atoms with E-state index < -0.39 is 0 Å². The molecule has 152 valence electrons. The van der Waals surface area contributed by atoms with Gasteiger partial charge in [-0.1, -0.05) is 12.8 Å². The maximum Gasteiger partial charge on any atom is 0.225 e. The van der Waals surface area contributed by atoms with Crippen molar-refractivity contribution in [2.24, 2.45) is 5.92 Å². The number of rotatable bonds is 6. The molecule has 7 nitrogen and oxygen atoms in total. The summed E-state index contributed by atoms with van der Waals surface area (Å²) in [5.74, 6) is -0.177. The van der Waals surface area contributed by atoms with Crippen molar-refractivity contribution < 1.29 is 14.3 Å². The SMILES string of the molecule is O=C(NCC1(N2CCOCC2)CCCC1)C1CC(=O)N(Cc2ccncc2)C1. The zero-order chi connectivity index (χ0) is 19.4. The third-order valence-electron chi connectivity index (χ3n) is 6.52. The van der Waals surface area contributed by atoms with Crippen LogP contribution in [0.3, 0.4) is 0 Å². The van der Waals surface area contributed by atoms with Crippen molar-refractivity contribution in [1.29, 1.82) is 0 Å². The summed E-state index contributed by atoms with van der Waals surface area (Å²) in [6.07, 6.45) is 8.46. The third kappa shape index (κ3) is 4.20. The van der Waals surface area contributed by atoms with Gasteiger partial charge in [0.05, 0.1) is 19.1 Å². The number of ether oxygens (including phenoxy) is 1. The van der Waals surface area contributed by atoms with E-state index in [1.807, 2.05) is 12.1 Å². The molecule has 2 amide bonds. The van der Waals surface area contributed by atoms with Gasteiger partial charge in [-0.2, -0.15) is 0 Å². The highest BCUT2D eigenvalue weighted by Crippen LogP contribution is 2.35. The van der Waals surface area contributed by atoms with Crippen LogP contribution in [-0.2, 0) is 20.9 Å². The fraction of sp³-hybridized carbons (Fsp3) is 0.667. The number of carbonyl (C=O) groups excluding carboxylic acids is 2. The van der Waals surface area contributed by atoms with E-state index in [4.69, 9.17) is 4.74 Å². The first-order chi connectivity index (χ1) is 13.7. The fourth-order valence-corrected chi connectivity index (χ4v) is 4.88. The van der Waals surface area contributed by atoms with E-state index in [9.17, 15) is 9.59 Å². The number of nitrogens with one attached hydrogen (secondary N) is 1. The van der Waals surface area contributed by atoms with Crippen molar-refractivity contribution in [3.8, 4) is 0 Å². The average Bonchev–Trinajstić information content (AvgIpc) is 3.36. The van der Waals surface area contributed by atoms with Crippen molar-refractivity contribution >= 4 is 11.8 Å². The van der Waals surface area contributed by atoms with Crippen LogP contribution in [0.4, 0.5) is 0 Å². The van der Waals surface area contributed by atoms with Crippen LogP contribution < -0.4 is 5.32 Å². The number of likely N-dealkylation sites (tertiary alicyclic amines) is 1. The molecule has 3 heterocycles. The number of morpholine rings is 1. The lowest BCUT2D eigenvalue weighted by Crippen LogP contribution is -2.57. The minimum atomic E-state index is -0.252. The van der Waals surface area contributed by atoms with E-state index in [2.05, 4.69) is 15.2 Å². The Kier molecular flexibility index (Phi) is 5.92. The van der Waals surface area contributed by atoms with Crippen molar-refractivity contribution in [2.45, 2.75) is 44.2 Å². The Bertz CT molecular complexity index is 684. The van der Waals surface area contributed by atoms with Crippen LogP contribution in [0.5, 0.6) is 0 Å². The monoisotopic (exact) mass is 386 g/mol. The van der Waals surface area contributed by atoms with Gasteiger partial charge in [-0.3, -0.25) is 19.5 Å². The first kappa shape index (κ1) is 19.3. The third-order valence-corrected chi connectivity index (χ3v) is 6.52. The maximum atomic E-state index is 12.8. The number of aromatic nitrogens is 1. The van der Waals surface area contributed by atoms with Crippen molar-refractivity contribution in [1.82, 2.24) is 20.1 Å². The molecule has 4 rings (SSSR count). The average molecular weight is 386 g/mol. The number of hydrogen-bond donors (Lipinski definition) is 1. The molecule has 1 N–H and O–H groups in total. The zero-order valence-corrected chi connectivity index (χ0v) is 16.4. The van der Waals surface area contributed by atoms with E-state index in [1.165, 1.54) is 12.8 Å². The second-order valence-electron chi connectivity index (χ2n) is 8.28. The maximum absolute atomic E-state index is 12.8. The first-order valence-corrected chi connectivity index (χ1v) is 10.4. The second-order valence-corrected chi connectivity index (χ2v) is 8.28. The Morgan fingerprint density at radius 2 is 1.93 bits per heavy atom. The molecule has 1 aliphatic carbocycles. The molecule has 2 aliphatic heterocycles. The lowest BCUT2D eigenvalue weighted by Gasteiger charge is -2.43. The number of amides is 2. The highest BCUT2D eigenvalue weighted by Gasteiger charge is 2.41. The highest BCUT2D eigenvalue weighted by molar-refractivity contribution is 5.89. The van der Waals surface area contributed by atoms with Crippen LogP contribution in [0.15, 0.2) is 24.5 Å². The Hall–Kier alpha value is -1.99. The second kappa shape index (κ2) is 8.57. The van der Waals surface area contributed by atoms with Crippen molar-refractivity contribution in [2.75, 3.05) is 39.4 Å². The molecular weight excluding hydrogens is 356 g/mol. The van der Waals surface area contributed by atoms with Crippen LogP contribution in [0, 0.1) is 5.92 Å². The van der Waals surface area contributed by atoms with E-state index in [-0.39, 0.29) is 23.3 Å². The quantitative estimate of drug-likeness (QED) is 0.795. The van der Waals surface area contributed by atoms with Gasteiger partial charge in [-0.15, -0.1) is 0 Å². The number of pyridine rings is 1. The fourth-order valence-electron chi connectivity index (χ4n) is 4.88. The normalized spacial score (nSPS) is 25.2. The molecule has 1 saturated carbocycles. The van der Waals surface area contributed by atoms with Crippen LogP contribution in [0.25, 0.3) is 0 Å². The van der Waals surface area contributed by atoms with E-state index in [0.717, 1.165) is 44.7 Å². The molecule has 3 fully saturated rings. The summed E-state index contributed by atoms with van der Waals surface area (Å²) in [6, 6.07) is 3.82. The molecule has 7 heteroatoms. The van der Waals surface area contributed by atoms with Gasteiger partial charge in [0.2, 0.25) is 11.8 Å². The Labute approximate surface area is 166 Å². The summed E-state index contributed by atoms with van der Waals surface area (Å²) < 4.78 is 5.51. The van der Waals surface area contributed by atoms with Crippen LogP contribution in [-0.4, -0.2) is 71.5 Å². The van der Waals surface area contributed by atoms with Crippen molar-refractivity contribution in [3.05, 3.63) is 30.1 Å². The van der Waals surface area contributed by atoms with Gasteiger partial charge in [-0.05, 0) is 30.5 Å². The molecule has 1 unspecified atom stereocenters. The van der Waals surface area contributed by atoms with Gasteiger partial charge in [0, 0.05) is 57.1 Å². The molecular formula is C21H30N4O3. The number of carbonyl (C=O) groups is 2. The largest absolute Gasteiger partial charge is 0.379 e. The Balaban J connectivity index is 1.32. The summed E-state index contributed by atoms with van der Waals surface area (Å²) in [5.41, 5.74) is 1.11. The smallest absolute Gasteiger partial charge is 0.225 e. The topological polar surface area (TPSA) is 74.8 Å². The number of nitrogens with zero attached hydrogens (tertiary/aromatic N) is 3. The molecule has 1 aromatic rings. The predicted molar refractivity (Wildman–Crippen MR) is 104 cm³/mol. The van der Waals surface area contributed by atoms with Gasteiger partial charge in [0.1, 0.15) is 0 Å². The van der Waals surface area contributed by atoms with E-state index in [1.54, 1.807) is 17.3 Å². The van der Waals surface area contributed by atoms with Gasteiger partial charge in [0.25, 0.3) is 0 Å². The zero-order valence-electron chi connectivity index (χ0n) is 16.4. The predicted octanol–water partition coefficient (Wildman–Crippen LogP) is 1.19. The van der Waals surface area contributed by atoms with Crippen molar-refractivity contribution in [3.63, 3.8) is 0 Å². The summed E-state index contributed by atoms with van der Waals surface area (Å²) >= 11 is 0. The lowest BCUT2D eigenvalue weighted by atomic mass is 9.93. The Morgan fingerprint density at radius 1 is 1.21 bits per heavy atom. The highest BCUT2D eigenvalue weighted by atomic mass is 16.5. The van der Waals surface area contributed by atoms with Gasteiger partial charge < -0.3 is 15.0 Å². The molecule has 2 saturated heterocycles. The molecule has 0 bridgehead atoms. The Morgan fingerprint density at radius 3 is 2.64 bits per heavy atom. The van der Waals surface area contributed by atoms with Crippen LogP contribution in [0.2, 0.25) is 0 Å². The lowest BCUT2D eigenvalue weighted by molar-refractivity contribution is -0.129. The summed E-state index contributed by atoms with van der Waals surface area (Å²) in [6.45, 7) is 5.16. The molecule has 0 spiro atoms. The summed E-state index contributed by atoms with van der Waals surface area (Å²) in [7, 11) is 0. The van der Waals surface area contributed by atoms with E-state index in [0.29, 0.717) is 26.1 Å². The molecule has 0 radical (unpaired) electrons. The molecule has 1 aromatic heterocycles. The van der Waals surface area contributed by atoms with Crippen LogP contribution >= 0.6 is 0 Å². The van der Waals surface area contributed by atoms with Crippen LogP contribution in [0.1, 0.15) is 37.7 Å². The minimum Gasteiger partial charge on any atom is -0.379 e. The molecule has 0 aromatic carbocycles. The summed E-state index contributed by atoms with van der Waals surface area (Å²) in [5, 5.41) is 3.20. The van der Waals surface area contributed by atoms with E-state index >= 15 is 0 Å². The summed E-state index contributed by atoms with van der Waals surface area (Å²) in [4.78, 5) is 33.5.